The predicted octanol–water partition coefficient (Wildman–Crippen LogP) is 4.43. The van der Waals surface area contributed by atoms with Crippen LogP contribution in [-0.4, -0.2) is 20.2 Å². The number of aromatic nitrogens is 3. The van der Waals surface area contributed by atoms with E-state index in [4.69, 9.17) is 4.74 Å². The fourth-order valence-electron chi connectivity index (χ4n) is 3.15. The van der Waals surface area contributed by atoms with E-state index in [1.54, 1.807) is 22.4 Å². The molecule has 6 heteroatoms. The minimum atomic E-state index is -0.105. The Bertz CT molecular complexity index is 1170. The number of pyridine rings is 1. The predicted molar refractivity (Wildman–Crippen MR) is 107 cm³/mol. The quantitative estimate of drug-likeness (QED) is 0.500. The third-order valence-electron chi connectivity index (χ3n) is 4.31. The van der Waals surface area contributed by atoms with E-state index in [0.29, 0.717) is 0 Å². The number of imidazole rings is 1. The van der Waals surface area contributed by atoms with Crippen LogP contribution in [0.1, 0.15) is 13.8 Å². The van der Waals surface area contributed by atoms with Crippen molar-refractivity contribution in [2.75, 3.05) is 0 Å². The van der Waals surface area contributed by atoms with Crippen LogP contribution >= 0.6 is 15.9 Å². The Morgan fingerprint density at radius 3 is 2.54 bits per heavy atom. The Balaban J connectivity index is 2.01. The second-order valence-electron chi connectivity index (χ2n) is 6.49. The zero-order valence-electron chi connectivity index (χ0n) is 14.7. The summed E-state index contributed by atoms with van der Waals surface area (Å²) in [5.74, 6) is 0.784. The maximum Gasteiger partial charge on any atom is 0.333 e. The van der Waals surface area contributed by atoms with E-state index >= 15 is 0 Å². The van der Waals surface area contributed by atoms with Crippen LogP contribution in [0.15, 0.2) is 57.9 Å². The first kappa shape index (κ1) is 16.8. The summed E-state index contributed by atoms with van der Waals surface area (Å²) in [6, 6.07) is 13.5. The number of hydrogen-bond donors (Lipinski definition) is 0. The van der Waals surface area contributed by atoms with Gasteiger partial charge in [-0.05, 0) is 56.3 Å². The zero-order valence-corrected chi connectivity index (χ0v) is 16.3. The van der Waals surface area contributed by atoms with Crippen LogP contribution in [0.4, 0.5) is 0 Å². The van der Waals surface area contributed by atoms with E-state index in [0.717, 1.165) is 37.8 Å². The van der Waals surface area contributed by atoms with Crippen molar-refractivity contribution in [3.05, 3.63) is 63.6 Å². The zero-order chi connectivity index (χ0) is 18.4. The highest BCUT2D eigenvalue weighted by molar-refractivity contribution is 9.10. The van der Waals surface area contributed by atoms with Gasteiger partial charge in [0.1, 0.15) is 5.75 Å². The van der Waals surface area contributed by atoms with E-state index in [1.165, 1.54) is 0 Å². The Morgan fingerprint density at radius 2 is 1.85 bits per heavy atom. The van der Waals surface area contributed by atoms with Gasteiger partial charge in [-0.15, -0.1) is 0 Å². The number of hydrogen-bond acceptors (Lipinski definition) is 3. The first-order valence-corrected chi connectivity index (χ1v) is 9.18. The molecule has 4 rings (SSSR count). The SMILES string of the molecule is CC(C)Oc1ccc(-n2c(=O)n(C)c3cnc4ccc(Br)cc4c32)cc1. The van der Waals surface area contributed by atoms with Crippen LogP contribution in [0.5, 0.6) is 5.75 Å². The van der Waals surface area contributed by atoms with Gasteiger partial charge in [0, 0.05) is 16.9 Å². The van der Waals surface area contributed by atoms with Crippen molar-refractivity contribution in [3.8, 4) is 11.4 Å². The van der Waals surface area contributed by atoms with E-state index in [-0.39, 0.29) is 11.8 Å². The Hall–Kier alpha value is -2.60. The highest BCUT2D eigenvalue weighted by Crippen LogP contribution is 2.28. The van der Waals surface area contributed by atoms with Crippen LogP contribution < -0.4 is 10.4 Å². The highest BCUT2D eigenvalue weighted by atomic mass is 79.9. The van der Waals surface area contributed by atoms with Gasteiger partial charge in [0.05, 0.1) is 34.5 Å². The lowest BCUT2D eigenvalue weighted by atomic mass is 10.2. The topological polar surface area (TPSA) is 49.0 Å². The largest absolute Gasteiger partial charge is 0.491 e. The molecule has 0 atom stereocenters. The van der Waals surface area contributed by atoms with Crippen molar-refractivity contribution in [1.82, 2.24) is 14.1 Å². The summed E-state index contributed by atoms with van der Waals surface area (Å²) in [6.45, 7) is 3.97. The molecular weight excluding hydrogens is 394 g/mol. The second-order valence-corrected chi connectivity index (χ2v) is 7.41. The molecule has 2 aromatic carbocycles. The standard InChI is InChI=1S/C20H18BrN3O2/c1-12(2)26-15-7-5-14(6-8-15)24-19-16-10-13(21)4-9-17(16)22-11-18(19)23(3)20(24)25/h4-12H,1-3H3. The van der Waals surface area contributed by atoms with E-state index < -0.39 is 0 Å². The summed E-state index contributed by atoms with van der Waals surface area (Å²) in [5.41, 5.74) is 3.18. The van der Waals surface area contributed by atoms with Crippen LogP contribution in [0.2, 0.25) is 0 Å². The van der Waals surface area contributed by atoms with Gasteiger partial charge in [0.2, 0.25) is 0 Å². The number of ether oxygens (including phenoxy) is 1. The van der Waals surface area contributed by atoms with Crippen molar-refractivity contribution in [3.63, 3.8) is 0 Å². The number of halogens is 1. The van der Waals surface area contributed by atoms with Gasteiger partial charge in [-0.3, -0.25) is 14.1 Å². The first-order chi connectivity index (χ1) is 12.5. The normalized spacial score (nSPS) is 11.6. The minimum absolute atomic E-state index is 0.105. The average molecular weight is 412 g/mol. The first-order valence-electron chi connectivity index (χ1n) is 8.38. The van der Waals surface area contributed by atoms with E-state index in [2.05, 4.69) is 20.9 Å². The van der Waals surface area contributed by atoms with Gasteiger partial charge in [0.25, 0.3) is 0 Å². The second kappa shape index (κ2) is 6.29. The van der Waals surface area contributed by atoms with Crippen LogP contribution in [0, 0.1) is 0 Å². The number of rotatable bonds is 3. The Labute approximate surface area is 159 Å². The lowest BCUT2D eigenvalue weighted by molar-refractivity contribution is 0.242. The van der Waals surface area contributed by atoms with Gasteiger partial charge < -0.3 is 4.74 Å². The number of fused-ring (bicyclic) bond motifs is 3. The van der Waals surface area contributed by atoms with Crippen molar-refractivity contribution >= 4 is 37.9 Å². The lowest BCUT2D eigenvalue weighted by Gasteiger charge is -2.11. The molecule has 26 heavy (non-hydrogen) atoms. The molecule has 0 N–H and O–H groups in total. The van der Waals surface area contributed by atoms with Crippen LogP contribution in [0.25, 0.3) is 27.6 Å². The monoisotopic (exact) mass is 411 g/mol. The average Bonchev–Trinajstić information content (AvgIpc) is 2.87. The van der Waals surface area contributed by atoms with Crippen molar-refractivity contribution in [1.29, 1.82) is 0 Å². The maximum absolute atomic E-state index is 12.9. The summed E-state index contributed by atoms with van der Waals surface area (Å²) >= 11 is 3.52. The van der Waals surface area contributed by atoms with Gasteiger partial charge in [0.15, 0.2) is 0 Å². The molecule has 0 radical (unpaired) electrons. The number of nitrogens with zero attached hydrogens (tertiary/aromatic N) is 3. The Kier molecular flexibility index (Phi) is 4.07. The van der Waals surface area contributed by atoms with Gasteiger partial charge in [-0.25, -0.2) is 4.79 Å². The number of aryl methyl sites for hydroxylation is 1. The summed E-state index contributed by atoms with van der Waals surface area (Å²) in [7, 11) is 1.77. The lowest BCUT2D eigenvalue weighted by Crippen LogP contribution is -2.20. The smallest absolute Gasteiger partial charge is 0.333 e. The molecule has 0 unspecified atom stereocenters. The van der Waals surface area contributed by atoms with Gasteiger partial charge in [-0.2, -0.15) is 0 Å². The number of benzene rings is 2. The molecule has 2 heterocycles. The highest BCUT2D eigenvalue weighted by Gasteiger charge is 2.16. The van der Waals surface area contributed by atoms with Crippen molar-refractivity contribution in [2.45, 2.75) is 20.0 Å². The molecule has 132 valence electrons. The molecule has 0 amide bonds. The third-order valence-corrected chi connectivity index (χ3v) is 4.81. The fraction of sp³-hybridized carbons (Fsp3) is 0.200. The fourth-order valence-corrected chi connectivity index (χ4v) is 3.52. The molecule has 0 aliphatic heterocycles. The maximum atomic E-state index is 12.9. The molecule has 2 aromatic heterocycles. The minimum Gasteiger partial charge on any atom is -0.491 e. The molecule has 0 fully saturated rings. The summed E-state index contributed by atoms with van der Waals surface area (Å²) in [5, 5.41) is 0.928. The molecule has 0 aliphatic carbocycles. The molecule has 0 spiro atoms. The summed E-state index contributed by atoms with van der Waals surface area (Å²) in [4.78, 5) is 17.4. The molecule has 5 nitrogen and oxygen atoms in total. The Morgan fingerprint density at radius 1 is 1.12 bits per heavy atom. The van der Waals surface area contributed by atoms with E-state index in [9.17, 15) is 4.79 Å². The molecule has 0 bridgehead atoms. The van der Waals surface area contributed by atoms with Crippen LogP contribution in [0.3, 0.4) is 0 Å². The van der Waals surface area contributed by atoms with Crippen molar-refractivity contribution < 1.29 is 4.74 Å². The van der Waals surface area contributed by atoms with Crippen LogP contribution in [-0.2, 0) is 7.05 Å². The van der Waals surface area contributed by atoms with Crippen molar-refractivity contribution in [2.24, 2.45) is 7.05 Å². The molecular formula is C20H18BrN3O2. The summed E-state index contributed by atoms with van der Waals surface area (Å²) in [6.07, 6.45) is 1.85. The van der Waals surface area contributed by atoms with Gasteiger partial charge >= 0.3 is 5.69 Å². The summed E-state index contributed by atoms with van der Waals surface area (Å²) < 4.78 is 10.0. The molecule has 0 saturated heterocycles. The van der Waals surface area contributed by atoms with Gasteiger partial charge in [-0.1, -0.05) is 15.9 Å². The molecule has 0 saturated carbocycles. The third kappa shape index (κ3) is 2.70. The molecule has 4 aromatic rings. The van der Waals surface area contributed by atoms with E-state index in [1.807, 2.05) is 56.3 Å². The molecule has 0 aliphatic rings.